The molecule has 0 unspecified atom stereocenters. The van der Waals surface area contributed by atoms with Crippen molar-refractivity contribution in [3.63, 3.8) is 0 Å². The maximum absolute atomic E-state index is 12.2. The Morgan fingerprint density at radius 2 is 1.96 bits per heavy atom. The molecule has 4 rings (SSSR count). The summed E-state index contributed by atoms with van der Waals surface area (Å²) in [5.74, 6) is 1.05. The highest BCUT2D eigenvalue weighted by atomic mass is 16.6. The van der Waals surface area contributed by atoms with Crippen LogP contribution in [0.25, 0.3) is 5.82 Å². The average Bonchev–Trinajstić information content (AvgIpc) is 3.12. The van der Waals surface area contributed by atoms with Crippen LogP contribution in [0, 0.1) is 26.7 Å². The van der Waals surface area contributed by atoms with Gasteiger partial charge in [-0.2, -0.15) is 5.10 Å². The predicted octanol–water partition coefficient (Wildman–Crippen LogP) is 0.869. The maximum Gasteiger partial charge on any atom is 0.266 e. The van der Waals surface area contributed by atoms with Crippen molar-refractivity contribution in [1.82, 2.24) is 34.8 Å². The van der Waals surface area contributed by atoms with Gasteiger partial charge in [-0.15, -0.1) is 5.10 Å². The third-order valence-corrected chi connectivity index (χ3v) is 4.66. The van der Waals surface area contributed by atoms with Crippen molar-refractivity contribution in [2.24, 2.45) is 5.92 Å². The molecule has 1 saturated heterocycles. The van der Waals surface area contributed by atoms with Gasteiger partial charge < -0.3 is 0 Å². The van der Waals surface area contributed by atoms with E-state index in [-0.39, 0.29) is 5.56 Å². The smallest absolute Gasteiger partial charge is 0.266 e. The predicted molar refractivity (Wildman–Crippen MR) is 92.9 cm³/mol. The molecule has 136 valence electrons. The van der Waals surface area contributed by atoms with Crippen molar-refractivity contribution in [3.8, 4) is 5.82 Å². The molecule has 0 aromatic carbocycles. The molecule has 0 amide bonds. The standard InChI is InChI=1S/C17H21N7O2/c1-11-6-12(2)24(18-11)16-4-5-17(25)23(19-16)9-14-7-22(8-14)10-15-13(3)20-26-21-15/h4-6,14H,7-10H2,1-3H3. The Labute approximate surface area is 150 Å². The van der Waals surface area contributed by atoms with E-state index in [0.29, 0.717) is 18.3 Å². The lowest BCUT2D eigenvalue weighted by Crippen LogP contribution is -2.49. The second-order valence-corrected chi connectivity index (χ2v) is 6.91. The van der Waals surface area contributed by atoms with Gasteiger partial charge in [-0.05, 0) is 32.9 Å². The molecular weight excluding hydrogens is 334 g/mol. The molecule has 26 heavy (non-hydrogen) atoms. The van der Waals surface area contributed by atoms with Crippen molar-refractivity contribution in [3.05, 3.63) is 51.3 Å². The van der Waals surface area contributed by atoms with E-state index in [0.717, 1.165) is 42.4 Å². The summed E-state index contributed by atoms with van der Waals surface area (Å²) in [6, 6.07) is 5.26. The molecule has 0 atom stereocenters. The van der Waals surface area contributed by atoms with Crippen LogP contribution in [0.5, 0.6) is 0 Å². The molecular formula is C17H21N7O2. The zero-order chi connectivity index (χ0) is 18.3. The van der Waals surface area contributed by atoms with Gasteiger partial charge in [0.25, 0.3) is 5.56 Å². The van der Waals surface area contributed by atoms with E-state index in [1.165, 1.54) is 4.68 Å². The first kappa shape index (κ1) is 16.6. The first-order valence-electron chi connectivity index (χ1n) is 8.62. The highest BCUT2D eigenvalue weighted by molar-refractivity contribution is 5.23. The number of likely N-dealkylation sites (tertiary alicyclic amines) is 1. The molecule has 0 N–H and O–H groups in total. The molecule has 0 spiro atoms. The van der Waals surface area contributed by atoms with Crippen LogP contribution < -0.4 is 5.56 Å². The quantitative estimate of drug-likeness (QED) is 0.670. The lowest BCUT2D eigenvalue weighted by molar-refractivity contribution is 0.0740. The van der Waals surface area contributed by atoms with Gasteiger partial charge in [0.1, 0.15) is 11.4 Å². The highest BCUT2D eigenvalue weighted by Crippen LogP contribution is 2.20. The summed E-state index contributed by atoms with van der Waals surface area (Å²) in [6.07, 6.45) is 0. The second kappa shape index (κ2) is 6.49. The lowest BCUT2D eigenvalue weighted by Gasteiger charge is -2.38. The third kappa shape index (κ3) is 3.17. The van der Waals surface area contributed by atoms with Crippen molar-refractivity contribution in [1.29, 1.82) is 0 Å². The number of hydrogen-bond donors (Lipinski definition) is 0. The van der Waals surface area contributed by atoms with E-state index in [1.807, 2.05) is 26.8 Å². The molecule has 0 radical (unpaired) electrons. The Bertz CT molecular complexity index is 981. The van der Waals surface area contributed by atoms with Crippen LogP contribution in [0.3, 0.4) is 0 Å². The summed E-state index contributed by atoms with van der Waals surface area (Å²) >= 11 is 0. The Morgan fingerprint density at radius 3 is 2.62 bits per heavy atom. The first-order chi connectivity index (χ1) is 12.5. The van der Waals surface area contributed by atoms with Crippen LogP contribution in [0.15, 0.2) is 27.6 Å². The zero-order valence-electron chi connectivity index (χ0n) is 15.1. The zero-order valence-corrected chi connectivity index (χ0v) is 15.1. The molecule has 0 saturated carbocycles. The molecule has 1 fully saturated rings. The number of hydrogen-bond acceptors (Lipinski definition) is 7. The van der Waals surface area contributed by atoms with Crippen LogP contribution in [-0.4, -0.2) is 47.9 Å². The number of aryl methyl sites for hydroxylation is 3. The molecule has 3 aromatic heterocycles. The van der Waals surface area contributed by atoms with Crippen LogP contribution >= 0.6 is 0 Å². The van der Waals surface area contributed by atoms with Gasteiger partial charge in [0.05, 0.1) is 12.2 Å². The minimum atomic E-state index is -0.0923. The molecule has 1 aliphatic rings. The van der Waals surface area contributed by atoms with E-state index < -0.39 is 0 Å². The van der Waals surface area contributed by atoms with Gasteiger partial charge >= 0.3 is 0 Å². The molecule has 9 heteroatoms. The SMILES string of the molecule is Cc1cc(C)n(-c2ccc(=O)n(CC3CN(Cc4nonc4C)C3)n2)n1. The van der Waals surface area contributed by atoms with Crippen LogP contribution in [0.2, 0.25) is 0 Å². The van der Waals surface area contributed by atoms with E-state index in [2.05, 4.69) is 25.4 Å². The molecule has 0 aliphatic carbocycles. The Morgan fingerprint density at radius 1 is 1.15 bits per heavy atom. The lowest BCUT2D eigenvalue weighted by atomic mass is 10.00. The third-order valence-electron chi connectivity index (χ3n) is 4.66. The maximum atomic E-state index is 12.2. The molecule has 1 aliphatic heterocycles. The van der Waals surface area contributed by atoms with Gasteiger partial charge in [-0.25, -0.2) is 14.0 Å². The minimum Gasteiger partial charge on any atom is -0.297 e. The van der Waals surface area contributed by atoms with Crippen molar-refractivity contribution >= 4 is 0 Å². The van der Waals surface area contributed by atoms with Gasteiger partial charge in [-0.1, -0.05) is 10.3 Å². The fraction of sp³-hybridized carbons (Fsp3) is 0.471. The summed E-state index contributed by atoms with van der Waals surface area (Å²) in [6.45, 7) is 8.90. The number of rotatable bonds is 5. The largest absolute Gasteiger partial charge is 0.297 e. The Hall–Kier alpha value is -2.81. The summed E-state index contributed by atoms with van der Waals surface area (Å²) < 4.78 is 8.03. The number of aromatic nitrogens is 6. The van der Waals surface area contributed by atoms with Crippen LogP contribution in [-0.2, 0) is 13.1 Å². The summed E-state index contributed by atoms with van der Waals surface area (Å²) in [7, 11) is 0. The van der Waals surface area contributed by atoms with E-state index in [4.69, 9.17) is 4.63 Å². The van der Waals surface area contributed by atoms with Crippen LogP contribution in [0.1, 0.15) is 22.8 Å². The van der Waals surface area contributed by atoms with Crippen molar-refractivity contribution in [2.75, 3.05) is 13.1 Å². The topological polar surface area (TPSA) is 94.9 Å². The summed E-state index contributed by atoms with van der Waals surface area (Å²) in [5.41, 5.74) is 3.51. The van der Waals surface area contributed by atoms with Crippen molar-refractivity contribution in [2.45, 2.75) is 33.9 Å². The Kier molecular flexibility index (Phi) is 4.15. The van der Waals surface area contributed by atoms with Gasteiger partial charge in [0.2, 0.25) is 0 Å². The van der Waals surface area contributed by atoms with Gasteiger partial charge in [-0.3, -0.25) is 9.69 Å². The Balaban J connectivity index is 1.43. The average molecular weight is 355 g/mol. The van der Waals surface area contributed by atoms with Crippen molar-refractivity contribution < 1.29 is 4.63 Å². The normalized spacial score (nSPS) is 15.3. The first-order valence-corrected chi connectivity index (χ1v) is 8.62. The summed E-state index contributed by atoms with van der Waals surface area (Å²) in [4.78, 5) is 14.4. The minimum absolute atomic E-state index is 0.0923. The fourth-order valence-corrected chi connectivity index (χ4v) is 3.31. The monoisotopic (exact) mass is 355 g/mol. The van der Waals surface area contributed by atoms with Crippen LogP contribution in [0.4, 0.5) is 0 Å². The van der Waals surface area contributed by atoms with Gasteiger partial charge in [0, 0.05) is 37.3 Å². The molecule has 0 bridgehead atoms. The summed E-state index contributed by atoms with van der Waals surface area (Å²) in [5, 5.41) is 16.6. The molecule has 3 aromatic rings. The van der Waals surface area contributed by atoms with Gasteiger partial charge in [0.15, 0.2) is 5.82 Å². The fourth-order valence-electron chi connectivity index (χ4n) is 3.31. The highest BCUT2D eigenvalue weighted by Gasteiger charge is 2.28. The van der Waals surface area contributed by atoms with E-state index >= 15 is 0 Å². The molecule has 4 heterocycles. The number of nitrogens with zero attached hydrogens (tertiary/aromatic N) is 7. The molecule has 9 nitrogen and oxygen atoms in total. The van der Waals surface area contributed by atoms with E-state index in [1.54, 1.807) is 16.8 Å². The van der Waals surface area contributed by atoms with E-state index in [9.17, 15) is 4.79 Å². The second-order valence-electron chi connectivity index (χ2n) is 6.91.